The van der Waals surface area contributed by atoms with E-state index < -0.39 is 11.8 Å². The molecular weight excluding hydrogens is 390 g/mol. The molecule has 3 aliphatic rings. The molecule has 2 N–H and O–H groups in total. The number of aryl methyl sites for hydroxylation is 1. The van der Waals surface area contributed by atoms with Gasteiger partial charge in [-0.3, -0.25) is 14.5 Å². The van der Waals surface area contributed by atoms with Crippen LogP contribution in [0.5, 0.6) is 0 Å². The lowest BCUT2D eigenvalue weighted by atomic mass is 9.95. The molecule has 1 atom stereocenters. The number of hydrogen-bond acceptors (Lipinski definition) is 5. The minimum absolute atomic E-state index is 0.0782. The zero-order chi connectivity index (χ0) is 21.8. The monoisotopic (exact) mass is 427 g/mol. The van der Waals surface area contributed by atoms with Crippen molar-refractivity contribution in [3.05, 3.63) is 29.3 Å². The third-order valence-corrected chi connectivity index (χ3v) is 7.17. The summed E-state index contributed by atoms with van der Waals surface area (Å²) >= 11 is 0. The van der Waals surface area contributed by atoms with Crippen LogP contribution in [0.15, 0.2) is 18.2 Å². The van der Waals surface area contributed by atoms with Gasteiger partial charge in [0.05, 0.1) is 6.04 Å². The Morgan fingerprint density at radius 1 is 1.00 bits per heavy atom. The molecule has 7 heteroatoms. The Kier molecular flexibility index (Phi) is 7.13. The van der Waals surface area contributed by atoms with Crippen LogP contribution in [0, 0.1) is 0 Å². The fourth-order valence-electron chi connectivity index (χ4n) is 5.19. The van der Waals surface area contributed by atoms with Crippen molar-refractivity contribution < 1.29 is 9.59 Å². The summed E-state index contributed by atoms with van der Waals surface area (Å²) in [7, 11) is 4.30. The van der Waals surface area contributed by atoms with E-state index in [0.717, 1.165) is 64.8 Å². The van der Waals surface area contributed by atoms with Gasteiger partial charge in [-0.25, -0.2) is 0 Å². The van der Waals surface area contributed by atoms with Crippen LogP contribution >= 0.6 is 0 Å². The smallest absolute Gasteiger partial charge is 0.309 e. The highest BCUT2D eigenvalue weighted by molar-refractivity contribution is 6.35. The lowest BCUT2D eigenvalue weighted by Gasteiger charge is -2.39. The van der Waals surface area contributed by atoms with Crippen molar-refractivity contribution in [3.8, 4) is 0 Å². The van der Waals surface area contributed by atoms with Crippen LogP contribution in [0.25, 0.3) is 0 Å². The molecule has 0 bridgehead atoms. The third kappa shape index (κ3) is 5.39. The highest BCUT2D eigenvalue weighted by Crippen LogP contribution is 2.31. The number of nitrogens with zero attached hydrogens (tertiary/aromatic N) is 3. The maximum absolute atomic E-state index is 12.5. The number of likely N-dealkylation sites (N-methyl/N-ethyl adjacent to an activating group) is 1. The van der Waals surface area contributed by atoms with E-state index >= 15 is 0 Å². The molecular formula is C24H37N5O2. The summed E-state index contributed by atoms with van der Waals surface area (Å²) in [5.74, 6) is -1.00. The zero-order valence-electron chi connectivity index (χ0n) is 19.0. The van der Waals surface area contributed by atoms with Crippen LogP contribution in [0.4, 0.5) is 5.69 Å². The molecule has 170 valence electrons. The van der Waals surface area contributed by atoms with Gasteiger partial charge in [-0.2, -0.15) is 0 Å². The second-order valence-electron chi connectivity index (χ2n) is 9.43. The lowest BCUT2D eigenvalue weighted by Crippen LogP contribution is -2.50. The topological polar surface area (TPSA) is 67.9 Å². The van der Waals surface area contributed by atoms with E-state index in [2.05, 4.69) is 57.6 Å². The van der Waals surface area contributed by atoms with E-state index in [1.54, 1.807) is 0 Å². The van der Waals surface area contributed by atoms with Gasteiger partial charge in [0, 0.05) is 58.0 Å². The van der Waals surface area contributed by atoms with E-state index in [9.17, 15) is 9.59 Å². The summed E-state index contributed by atoms with van der Waals surface area (Å²) in [6, 6.07) is 6.98. The van der Waals surface area contributed by atoms with Crippen LogP contribution < -0.4 is 15.5 Å². The number of amides is 2. The van der Waals surface area contributed by atoms with E-state index in [0.29, 0.717) is 6.54 Å². The third-order valence-electron chi connectivity index (χ3n) is 7.17. The minimum Gasteiger partial charge on any atom is -0.374 e. The van der Waals surface area contributed by atoms with Crippen LogP contribution in [0.1, 0.15) is 49.3 Å². The molecule has 2 amide bonds. The van der Waals surface area contributed by atoms with Crippen LogP contribution in [0.2, 0.25) is 0 Å². The Morgan fingerprint density at radius 3 is 2.48 bits per heavy atom. The zero-order valence-corrected chi connectivity index (χ0v) is 19.0. The molecule has 2 heterocycles. The number of benzene rings is 1. The van der Waals surface area contributed by atoms with Crippen molar-refractivity contribution in [2.24, 2.45) is 0 Å². The van der Waals surface area contributed by atoms with E-state index in [-0.39, 0.29) is 12.1 Å². The molecule has 0 aromatic heterocycles. The fourth-order valence-corrected chi connectivity index (χ4v) is 5.19. The largest absolute Gasteiger partial charge is 0.374 e. The number of rotatable bonds is 5. The summed E-state index contributed by atoms with van der Waals surface area (Å²) in [5.41, 5.74) is 3.93. The van der Waals surface area contributed by atoms with Gasteiger partial charge in [0.15, 0.2) is 0 Å². The van der Waals surface area contributed by atoms with E-state index in [1.807, 2.05) is 0 Å². The van der Waals surface area contributed by atoms with Gasteiger partial charge in [-0.05, 0) is 49.9 Å². The Hall–Kier alpha value is -2.12. The maximum Gasteiger partial charge on any atom is 0.309 e. The molecule has 1 aromatic carbocycles. The van der Waals surface area contributed by atoms with Crippen LogP contribution in [-0.4, -0.2) is 81.0 Å². The summed E-state index contributed by atoms with van der Waals surface area (Å²) in [5, 5.41) is 5.83. The lowest BCUT2D eigenvalue weighted by molar-refractivity contribution is -0.139. The number of piperazine rings is 1. The first kappa shape index (κ1) is 22.1. The summed E-state index contributed by atoms with van der Waals surface area (Å²) in [4.78, 5) is 32.0. The van der Waals surface area contributed by atoms with Crippen molar-refractivity contribution in [2.45, 2.75) is 50.6 Å². The number of hydrogen-bond donors (Lipinski definition) is 2. The summed E-state index contributed by atoms with van der Waals surface area (Å²) < 4.78 is 0. The minimum atomic E-state index is -0.510. The Bertz CT molecular complexity index is 784. The Labute approximate surface area is 186 Å². The molecule has 0 radical (unpaired) electrons. The molecule has 1 aliphatic carbocycles. The highest BCUT2D eigenvalue weighted by atomic mass is 16.2. The Morgan fingerprint density at radius 2 is 1.74 bits per heavy atom. The molecule has 2 aliphatic heterocycles. The first-order valence-corrected chi connectivity index (χ1v) is 11.9. The highest BCUT2D eigenvalue weighted by Gasteiger charge is 2.27. The summed E-state index contributed by atoms with van der Waals surface area (Å²) in [6.45, 7) is 5.50. The van der Waals surface area contributed by atoms with E-state index in [1.165, 1.54) is 23.2 Å². The molecule has 7 nitrogen and oxygen atoms in total. The number of nitrogens with one attached hydrogen (secondary N) is 2. The van der Waals surface area contributed by atoms with Gasteiger partial charge in [-0.15, -0.1) is 0 Å². The van der Waals surface area contributed by atoms with E-state index in [4.69, 9.17) is 0 Å². The van der Waals surface area contributed by atoms with Gasteiger partial charge in [0.25, 0.3) is 0 Å². The normalized spacial score (nSPS) is 21.5. The van der Waals surface area contributed by atoms with Gasteiger partial charge in [0.1, 0.15) is 0 Å². The molecule has 1 unspecified atom stereocenters. The predicted octanol–water partition coefficient (Wildman–Crippen LogP) is 1.53. The second kappa shape index (κ2) is 10.0. The summed E-state index contributed by atoms with van der Waals surface area (Å²) in [6.07, 6.45) is 6.49. The quantitative estimate of drug-likeness (QED) is 0.698. The molecule has 1 saturated heterocycles. The molecule has 31 heavy (non-hydrogen) atoms. The average Bonchev–Trinajstić information content (AvgIpc) is 3.28. The van der Waals surface area contributed by atoms with Crippen molar-refractivity contribution in [1.82, 2.24) is 20.4 Å². The molecule has 1 saturated carbocycles. The number of fused-ring (bicyclic) bond motifs is 1. The number of carbonyl (C=O) groups is 2. The molecule has 1 aromatic rings. The van der Waals surface area contributed by atoms with Crippen LogP contribution in [0.3, 0.4) is 0 Å². The van der Waals surface area contributed by atoms with Crippen molar-refractivity contribution in [3.63, 3.8) is 0 Å². The van der Waals surface area contributed by atoms with Crippen molar-refractivity contribution >= 4 is 17.5 Å². The average molecular weight is 428 g/mol. The first-order chi connectivity index (χ1) is 15.0. The molecule has 4 rings (SSSR count). The van der Waals surface area contributed by atoms with Gasteiger partial charge < -0.3 is 20.4 Å². The SMILES string of the molecule is CN1CCN(C(CNC(=O)C(=O)NC2CCCC2)c2ccc3c(c2)CCCN3C)CC1. The van der Waals surface area contributed by atoms with Gasteiger partial charge in [-0.1, -0.05) is 25.0 Å². The maximum atomic E-state index is 12.5. The van der Waals surface area contributed by atoms with Crippen LogP contribution in [-0.2, 0) is 16.0 Å². The van der Waals surface area contributed by atoms with Gasteiger partial charge >= 0.3 is 11.8 Å². The predicted molar refractivity (Wildman–Crippen MR) is 123 cm³/mol. The van der Waals surface area contributed by atoms with Crippen molar-refractivity contribution in [1.29, 1.82) is 0 Å². The van der Waals surface area contributed by atoms with Gasteiger partial charge in [0.2, 0.25) is 0 Å². The molecule has 2 fully saturated rings. The standard InChI is InChI=1S/C24H37N5O2/c1-27-12-14-29(15-13-27)22(17-25-23(30)24(31)26-20-7-3-4-8-20)19-9-10-21-18(16-19)6-5-11-28(21)2/h9-10,16,20,22H,3-8,11-15,17H2,1-2H3,(H,25,30)(H,26,31). The number of anilines is 1. The first-order valence-electron chi connectivity index (χ1n) is 11.9. The van der Waals surface area contributed by atoms with Crippen molar-refractivity contribution in [2.75, 3.05) is 58.3 Å². The second-order valence-corrected chi connectivity index (χ2v) is 9.43. The fraction of sp³-hybridized carbons (Fsp3) is 0.667. The number of carbonyl (C=O) groups excluding carboxylic acids is 2. The Balaban J connectivity index is 1.45. The molecule has 0 spiro atoms.